The molecular formula is C10H13NS2. The van der Waals surface area contributed by atoms with Crippen molar-refractivity contribution in [2.45, 2.75) is 0 Å². The van der Waals surface area contributed by atoms with E-state index in [1.54, 1.807) is 23.2 Å². The molecule has 3 heteroatoms. The van der Waals surface area contributed by atoms with E-state index in [0.29, 0.717) is 0 Å². The van der Waals surface area contributed by atoms with E-state index in [1.165, 1.54) is 18.0 Å². The lowest BCUT2D eigenvalue weighted by Gasteiger charge is -2.03. The number of rotatable bonds is 5. The van der Waals surface area contributed by atoms with Crippen LogP contribution >= 0.6 is 23.5 Å². The van der Waals surface area contributed by atoms with Crippen LogP contribution in [0.3, 0.4) is 0 Å². The van der Waals surface area contributed by atoms with Gasteiger partial charge in [-0.2, -0.15) is 0 Å². The fourth-order valence-electron chi connectivity index (χ4n) is 0.648. The van der Waals surface area contributed by atoms with E-state index in [-0.39, 0.29) is 0 Å². The highest BCUT2D eigenvalue weighted by Gasteiger charge is 2.02. The summed E-state index contributed by atoms with van der Waals surface area (Å²) in [5, 5.41) is 2.65. The molecular weight excluding hydrogens is 198 g/mol. The summed E-state index contributed by atoms with van der Waals surface area (Å²) in [5.41, 5.74) is 0. The van der Waals surface area contributed by atoms with Crippen molar-refractivity contribution < 1.29 is 0 Å². The van der Waals surface area contributed by atoms with E-state index in [0.717, 1.165) is 9.95 Å². The van der Waals surface area contributed by atoms with Gasteiger partial charge in [-0.3, -0.25) is 0 Å². The first kappa shape index (κ1) is 12.3. The third-order valence-corrected chi connectivity index (χ3v) is 2.72. The van der Waals surface area contributed by atoms with Gasteiger partial charge in [0.05, 0.1) is 0 Å². The Hall–Kier alpha value is -0.670. The molecule has 0 unspecified atom stereocenters. The number of hydrogen-bond acceptors (Lipinski definition) is 3. The molecule has 0 aromatic rings. The van der Waals surface area contributed by atoms with Crippen molar-refractivity contribution in [3.8, 4) is 0 Å². The van der Waals surface area contributed by atoms with E-state index in [4.69, 9.17) is 0 Å². The zero-order valence-corrected chi connectivity index (χ0v) is 9.33. The SMILES string of the molecule is C=C/C=C(\SC)C(=NC=C)SC=C. The Morgan fingerprint density at radius 3 is 2.38 bits per heavy atom. The van der Waals surface area contributed by atoms with Gasteiger partial charge in [-0.1, -0.05) is 37.6 Å². The highest BCUT2D eigenvalue weighted by molar-refractivity contribution is 8.19. The minimum atomic E-state index is 0.900. The third kappa shape index (κ3) is 4.80. The molecule has 0 aromatic carbocycles. The van der Waals surface area contributed by atoms with Crippen molar-refractivity contribution >= 4 is 28.6 Å². The first-order valence-corrected chi connectivity index (χ1v) is 5.74. The van der Waals surface area contributed by atoms with E-state index in [9.17, 15) is 0 Å². The molecule has 0 aliphatic carbocycles. The molecule has 0 saturated heterocycles. The summed E-state index contributed by atoms with van der Waals surface area (Å²) in [6.07, 6.45) is 7.19. The van der Waals surface area contributed by atoms with Crippen LogP contribution in [0.5, 0.6) is 0 Å². The monoisotopic (exact) mass is 211 g/mol. The normalized spacial score (nSPS) is 12.4. The van der Waals surface area contributed by atoms with Gasteiger partial charge >= 0.3 is 0 Å². The quantitative estimate of drug-likeness (QED) is 0.389. The maximum atomic E-state index is 4.14. The van der Waals surface area contributed by atoms with Gasteiger partial charge in [-0.25, -0.2) is 4.99 Å². The molecule has 0 aliphatic heterocycles. The van der Waals surface area contributed by atoms with Crippen molar-refractivity contribution in [3.63, 3.8) is 0 Å². The second kappa shape index (κ2) is 7.95. The molecule has 0 amide bonds. The summed E-state index contributed by atoms with van der Waals surface area (Å²) in [5.74, 6) is 0. The van der Waals surface area contributed by atoms with Crippen molar-refractivity contribution in [2.24, 2.45) is 4.99 Å². The molecule has 0 N–H and O–H groups in total. The molecule has 1 nitrogen and oxygen atoms in total. The van der Waals surface area contributed by atoms with E-state index < -0.39 is 0 Å². The molecule has 13 heavy (non-hydrogen) atoms. The number of nitrogens with zero attached hydrogens (tertiary/aromatic N) is 1. The van der Waals surface area contributed by atoms with Gasteiger partial charge in [0.15, 0.2) is 0 Å². The Labute approximate surface area is 88.4 Å². The predicted molar refractivity (Wildman–Crippen MR) is 67.2 cm³/mol. The van der Waals surface area contributed by atoms with E-state index in [1.807, 2.05) is 12.3 Å². The fourth-order valence-corrected chi connectivity index (χ4v) is 1.98. The van der Waals surface area contributed by atoms with Crippen LogP contribution in [0, 0.1) is 0 Å². The number of hydrogen-bond donors (Lipinski definition) is 0. The average Bonchev–Trinajstić information content (AvgIpc) is 2.14. The molecule has 0 saturated carbocycles. The van der Waals surface area contributed by atoms with Crippen LogP contribution < -0.4 is 0 Å². The first-order valence-electron chi connectivity index (χ1n) is 3.63. The standard InChI is InChI=1S/C10H13NS2/c1-5-8-9(12-4)10(11-6-2)13-7-3/h5-8H,1-3H2,4H3/b9-8-,11-10?. The highest BCUT2D eigenvalue weighted by atomic mass is 32.2. The lowest BCUT2D eigenvalue weighted by molar-refractivity contribution is 1.61. The number of allylic oxidation sites excluding steroid dienone is 2. The second-order valence-corrected chi connectivity index (χ2v) is 3.68. The van der Waals surface area contributed by atoms with Gasteiger partial charge in [0.1, 0.15) is 5.04 Å². The van der Waals surface area contributed by atoms with Crippen molar-refractivity contribution in [2.75, 3.05) is 6.26 Å². The molecule has 70 valence electrons. The molecule has 0 aromatic heterocycles. The maximum absolute atomic E-state index is 4.14. The Morgan fingerprint density at radius 2 is 2.00 bits per heavy atom. The van der Waals surface area contributed by atoms with Crippen LogP contribution in [0.4, 0.5) is 0 Å². The summed E-state index contributed by atoms with van der Waals surface area (Å²) < 4.78 is 0. The van der Waals surface area contributed by atoms with Crippen LogP contribution in [-0.2, 0) is 0 Å². The van der Waals surface area contributed by atoms with Gasteiger partial charge < -0.3 is 0 Å². The molecule has 0 fully saturated rings. The topological polar surface area (TPSA) is 12.4 Å². The maximum Gasteiger partial charge on any atom is 0.114 e. The Morgan fingerprint density at radius 1 is 1.31 bits per heavy atom. The summed E-state index contributed by atoms with van der Waals surface area (Å²) in [6, 6.07) is 0. The zero-order chi connectivity index (χ0) is 10.1. The Bertz CT molecular complexity index is 252. The zero-order valence-electron chi connectivity index (χ0n) is 7.69. The smallest absolute Gasteiger partial charge is 0.114 e. The highest BCUT2D eigenvalue weighted by Crippen LogP contribution is 2.22. The summed E-state index contributed by atoms with van der Waals surface area (Å²) in [6.45, 7) is 10.9. The van der Waals surface area contributed by atoms with Crippen molar-refractivity contribution in [3.05, 3.63) is 48.4 Å². The van der Waals surface area contributed by atoms with Crippen LogP contribution in [0.1, 0.15) is 0 Å². The molecule has 0 atom stereocenters. The van der Waals surface area contributed by atoms with Crippen LogP contribution in [0.15, 0.2) is 53.4 Å². The number of aliphatic imine (C=N–C) groups is 1. The van der Waals surface area contributed by atoms with Crippen LogP contribution in [0.2, 0.25) is 0 Å². The van der Waals surface area contributed by atoms with E-state index >= 15 is 0 Å². The van der Waals surface area contributed by atoms with E-state index in [2.05, 4.69) is 24.7 Å². The van der Waals surface area contributed by atoms with Gasteiger partial charge in [-0.05, 0) is 17.7 Å². The minimum Gasteiger partial charge on any atom is -0.249 e. The van der Waals surface area contributed by atoms with Crippen molar-refractivity contribution in [1.82, 2.24) is 0 Å². The molecule has 0 bridgehead atoms. The van der Waals surface area contributed by atoms with Gasteiger partial charge in [0, 0.05) is 11.1 Å². The first-order chi connectivity index (χ1) is 6.29. The lowest BCUT2D eigenvalue weighted by atomic mass is 10.5. The largest absolute Gasteiger partial charge is 0.249 e. The lowest BCUT2D eigenvalue weighted by Crippen LogP contribution is -1.91. The molecule has 0 rings (SSSR count). The molecule has 0 spiro atoms. The third-order valence-electron chi connectivity index (χ3n) is 1.10. The minimum absolute atomic E-state index is 0.900. The van der Waals surface area contributed by atoms with Crippen LogP contribution in [-0.4, -0.2) is 11.3 Å². The Kier molecular flexibility index (Phi) is 7.54. The summed E-state index contributed by atoms with van der Waals surface area (Å²) >= 11 is 3.10. The summed E-state index contributed by atoms with van der Waals surface area (Å²) in [7, 11) is 0. The van der Waals surface area contributed by atoms with Crippen LogP contribution in [0.25, 0.3) is 0 Å². The molecule has 0 aliphatic rings. The summed E-state index contributed by atoms with van der Waals surface area (Å²) in [4.78, 5) is 5.21. The average molecular weight is 211 g/mol. The fraction of sp³-hybridized carbons (Fsp3) is 0.100. The number of thioether (sulfide) groups is 2. The van der Waals surface area contributed by atoms with Gasteiger partial charge in [-0.15, -0.1) is 11.8 Å². The van der Waals surface area contributed by atoms with Gasteiger partial charge in [0.2, 0.25) is 0 Å². The van der Waals surface area contributed by atoms with Gasteiger partial charge in [0.25, 0.3) is 0 Å². The Balaban J connectivity index is 4.77. The van der Waals surface area contributed by atoms with Crippen molar-refractivity contribution in [1.29, 1.82) is 0 Å². The predicted octanol–water partition coefficient (Wildman–Crippen LogP) is 3.84. The molecule has 0 radical (unpaired) electrons. The molecule has 0 heterocycles. The second-order valence-electron chi connectivity index (χ2n) is 1.87.